The number of unbranched alkanes of at least 4 members (excludes halogenated alkanes) is 1. The summed E-state index contributed by atoms with van der Waals surface area (Å²) >= 11 is 0. The van der Waals surface area contributed by atoms with Gasteiger partial charge in [0, 0.05) is 13.0 Å². The standard InChI is InChI=1S/C13H18N2O3S/c14-8-1-2-10-19(17,18)15-9-7-12-3-5-13(11-16)6-4-12/h3-6,15-16H,1-2,7,9-11H2. The van der Waals surface area contributed by atoms with Gasteiger partial charge >= 0.3 is 0 Å². The molecule has 0 atom stereocenters. The van der Waals surface area contributed by atoms with Gasteiger partial charge in [-0.2, -0.15) is 5.26 Å². The molecule has 104 valence electrons. The average molecular weight is 282 g/mol. The molecule has 1 rings (SSSR count). The van der Waals surface area contributed by atoms with Crippen LogP contribution in [0.5, 0.6) is 0 Å². The van der Waals surface area contributed by atoms with Gasteiger partial charge in [0.15, 0.2) is 0 Å². The molecule has 0 saturated carbocycles. The zero-order valence-corrected chi connectivity index (χ0v) is 11.5. The van der Waals surface area contributed by atoms with Crippen molar-refractivity contribution in [2.24, 2.45) is 0 Å². The van der Waals surface area contributed by atoms with Crippen LogP contribution in [0.2, 0.25) is 0 Å². The molecule has 0 spiro atoms. The van der Waals surface area contributed by atoms with E-state index in [2.05, 4.69) is 4.72 Å². The van der Waals surface area contributed by atoms with Crippen molar-refractivity contribution in [2.45, 2.75) is 25.9 Å². The largest absolute Gasteiger partial charge is 0.392 e. The predicted octanol–water partition coefficient (Wildman–Crippen LogP) is 0.945. The van der Waals surface area contributed by atoms with Crippen molar-refractivity contribution in [3.63, 3.8) is 0 Å². The first kappa shape index (κ1) is 15.6. The highest BCUT2D eigenvalue weighted by Gasteiger charge is 2.08. The second-order valence-corrected chi connectivity index (χ2v) is 6.13. The normalized spacial score (nSPS) is 11.2. The summed E-state index contributed by atoms with van der Waals surface area (Å²) < 4.78 is 25.6. The molecule has 0 radical (unpaired) electrons. The minimum Gasteiger partial charge on any atom is -0.392 e. The summed E-state index contributed by atoms with van der Waals surface area (Å²) in [6.07, 6.45) is 1.21. The van der Waals surface area contributed by atoms with Gasteiger partial charge in [-0.1, -0.05) is 24.3 Å². The maximum absolute atomic E-state index is 11.5. The van der Waals surface area contributed by atoms with Crippen LogP contribution in [0, 0.1) is 11.3 Å². The van der Waals surface area contributed by atoms with Gasteiger partial charge in [-0.15, -0.1) is 0 Å². The van der Waals surface area contributed by atoms with E-state index in [9.17, 15) is 8.42 Å². The first-order valence-corrected chi connectivity index (χ1v) is 7.75. The van der Waals surface area contributed by atoms with Crippen LogP contribution in [-0.2, 0) is 23.1 Å². The number of nitrogens with zero attached hydrogens (tertiary/aromatic N) is 1. The van der Waals surface area contributed by atoms with Crippen LogP contribution in [-0.4, -0.2) is 25.8 Å². The number of aliphatic hydroxyl groups is 1. The fraction of sp³-hybridized carbons (Fsp3) is 0.462. The number of sulfonamides is 1. The zero-order valence-electron chi connectivity index (χ0n) is 10.7. The van der Waals surface area contributed by atoms with Crippen molar-refractivity contribution < 1.29 is 13.5 Å². The quantitative estimate of drug-likeness (QED) is 0.694. The maximum atomic E-state index is 11.5. The highest BCUT2D eigenvalue weighted by Crippen LogP contribution is 2.05. The lowest BCUT2D eigenvalue weighted by Crippen LogP contribution is -2.28. The van der Waals surface area contributed by atoms with E-state index < -0.39 is 10.0 Å². The number of hydrogen-bond donors (Lipinski definition) is 2. The Hall–Kier alpha value is -1.42. The third kappa shape index (κ3) is 6.34. The number of rotatable bonds is 8. The van der Waals surface area contributed by atoms with E-state index in [1.54, 1.807) is 0 Å². The van der Waals surface area contributed by atoms with E-state index in [1.165, 1.54) is 0 Å². The molecule has 5 nitrogen and oxygen atoms in total. The van der Waals surface area contributed by atoms with Crippen molar-refractivity contribution in [1.82, 2.24) is 4.72 Å². The van der Waals surface area contributed by atoms with Gasteiger partial charge in [0.2, 0.25) is 10.0 Å². The van der Waals surface area contributed by atoms with Crippen molar-refractivity contribution in [3.8, 4) is 6.07 Å². The van der Waals surface area contributed by atoms with Crippen molar-refractivity contribution in [2.75, 3.05) is 12.3 Å². The summed E-state index contributed by atoms with van der Waals surface area (Å²) in [5.74, 6) is -0.00991. The molecule has 0 aliphatic carbocycles. The van der Waals surface area contributed by atoms with Crippen LogP contribution in [0.4, 0.5) is 0 Å². The van der Waals surface area contributed by atoms with Gasteiger partial charge in [-0.25, -0.2) is 13.1 Å². The van der Waals surface area contributed by atoms with E-state index in [4.69, 9.17) is 10.4 Å². The van der Waals surface area contributed by atoms with Crippen LogP contribution in [0.15, 0.2) is 24.3 Å². The molecule has 0 heterocycles. The third-order valence-corrected chi connectivity index (χ3v) is 4.11. The van der Waals surface area contributed by atoms with Crippen LogP contribution >= 0.6 is 0 Å². The Bertz CT molecular complexity index is 518. The zero-order chi connectivity index (χ0) is 14.1. The van der Waals surface area contributed by atoms with Crippen molar-refractivity contribution in [1.29, 1.82) is 5.26 Å². The third-order valence-electron chi connectivity index (χ3n) is 2.64. The molecule has 0 amide bonds. The SMILES string of the molecule is N#CCCCS(=O)(=O)NCCc1ccc(CO)cc1. The van der Waals surface area contributed by atoms with Gasteiger partial charge in [0.25, 0.3) is 0 Å². The first-order valence-electron chi connectivity index (χ1n) is 6.10. The van der Waals surface area contributed by atoms with Crippen LogP contribution < -0.4 is 4.72 Å². The fourth-order valence-electron chi connectivity index (χ4n) is 1.58. The van der Waals surface area contributed by atoms with Gasteiger partial charge < -0.3 is 5.11 Å². The number of nitriles is 1. The Morgan fingerprint density at radius 3 is 2.42 bits per heavy atom. The highest BCUT2D eigenvalue weighted by molar-refractivity contribution is 7.89. The molecule has 19 heavy (non-hydrogen) atoms. The molecule has 0 bridgehead atoms. The molecular weight excluding hydrogens is 264 g/mol. The molecule has 0 saturated heterocycles. The minimum absolute atomic E-state index is 0.00576. The lowest BCUT2D eigenvalue weighted by molar-refractivity contribution is 0.282. The van der Waals surface area contributed by atoms with Crippen molar-refractivity contribution in [3.05, 3.63) is 35.4 Å². The number of aliphatic hydroxyl groups excluding tert-OH is 1. The number of nitrogens with one attached hydrogen (secondary N) is 1. The van der Waals surface area contributed by atoms with Gasteiger partial charge in [-0.3, -0.25) is 0 Å². The molecule has 2 N–H and O–H groups in total. The first-order chi connectivity index (χ1) is 9.07. The second-order valence-electron chi connectivity index (χ2n) is 4.20. The Morgan fingerprint density at radius 1 is 1.21 bits per heavy atom. The topological polar surface area (TPSA) is 90.2 Å². The molecule has 1 aromatic carbocycles. The van der Waals surface area contributed by atoms with Crippen LogP contribution in [0.3, 0.4) is 0 Å². The van der Waals surface area contributed by atoms with Crippen LogP contribution in [0.25, 0.3) is 0 Å². The fourth-order valence-corrected chi connectivity index (χ4v) is 2.66. The molecule has 0 unspecified atom stereocenters. The highest BCUT2D eigenvalue weighted by atomic mass is 32.2. The Kier molecular flexibility index (Phi) is 6.50. The summed E-state index contributed by atoms with van der Waals surface area (Å²) in [6, 6.07) is 9.29. The summed E-state index contributed by atoms with van der Waals surface area (Å²) in [4.78, 5) is 0. The van der Waals surface area contributed by atoms with E-state index in [0.29, 0.717) is 19.4 Å². The molecule has 0 fully saturated rings. The molecular formula is C13H18N2O3S. The predicted molar refractivity (Wildman–Crippen MR) is 72.7 cm³/mol. The maximum Gasteiger partial charge on any atom is 0.211 e. The second kappa shape index (κ2) is 7.89. The van der Waals surface area contributed by atoms with Gasteiger partial charge in [0.05, 0.1) is 18.4 Å². The van der Waals surface area contributed by atoms with Gasteiger partial charge in [-0.05, 0) is 24.0 Å². The number of hydrogen-bond acceptors (Lipinski definition) is 4. The lowest BCUT2D eigenvalue weighted by Gasteiger charge is -2.06. The van der Waals surface area contributed by atoms with Crippen LogP contribution in [0.1, 0.15) is 24.0 Å². The van der Waals surface area contributed by atoms with E-state index in [-0.39, 0.29) is 18.8 Å². The monoisotopic (exact) mass is 282 g/mol. The Morgan fingerprint density at radius 2 is 1.84 bits per heavy atom. The molecule has 0 aliphatic rings. The minimum atomic E-state index is -3.28. The van der Waals surface area contributed by atoms with E-state index >= 15 is 0 Å². The molecule has 0 aromatic heterocycles. The smallest absolute Gasteiger partial charge is 0.211 e. The molecule has 0 aliphatic heterocycles. The summed E-state index contributed by atoms with van der Waals surface area (Å²) in [7, 11) is -3.28. The Labute approximate surface area is 113 Å². The van der Waals surface area contributed by atoms with Crippen molar-refractivity contribution >= 4 is 10.0 Å². The summed E-state index contributed by atoms with van der Waals surface area (Å²) in [5, 5.41) is 17.2. The van der Waals surface area contributed by atoms with E-state index in [1.807, 2.05) is 30.3 Å². The summed E-state index contributed by atoms with van der Waals surface area (Å²) in [6.45, 7) is 0.346. The summed E-state index contributed by atoms with van der Waals surface area (Å²) in [5.41, 5.74) is 1.85. The average Bonchev–Trinajstić information content (AvgIpc) is 2.39. The van der Waals surface area contributed by atoms with Gasteiger partial charge in [0.1, 0.15) is 0 Å². The molecule has 6 heteroatoms. The molecule has 1 aromatic rings. The number of benzene rings is 1. The Balaban J connectivity index is 2.34. The van der Waals surface area contributed by atoms with E-state index in [0.717, 1.165) is 11.1 Å². The lowest BCUT2D eigenvalue weighted by atomic mass is 10.1.